The zero-order valence-corrected chi connectivity index (χ0v) is 9.02. The Morgan fingerprint density at radius 3 is 2.88 bits per heavy atom. The molecule has 92 valence electrons. The molecule has 9 nitrogen and oxygen atoms in total. The summed E-state index contributed by atoms with van der Waals surface area (Å²) in [4.78, 5) is 31.5. The van der Waals surface area contributed by atoms with Crippen LogP contribution in [0.2, 0.25) is 0 Å². The SMILES string of the molecule is COCOCn1c(=O)[nH]c2c(=O)[nH]c(N)nc21. The van der Waals surface area contributed by atoms with Crippen molar-refractivity contribution in [1.29, 1.82) is 0 Å². The van der Waals surface area contributed by atoms with Crippen molar-refractivity contribution in [3.8, 4) is 0 Å². The van der Waals surface area contributed by atoms with Crippen LogP contribution >= 0.6 is 0 Å². The number of hydrogen-bond acceptors (Lipinski definition) is 6. The Morgan fingerprint density at radius 2 is 2.18 bits per heavy atom. The first-order valence-electron chi connectivity index (χ1n) is 4.68. The van der Waals surface area contributed by atoms with Gasteiger partial charge < -0.3 is 15.2 Å². The Labute approximate surface area is 94.2 Å². The predicted octanol–water partition coefficient (Wildman–Crippen LogP) is -1.43. The monoisotopic (exact) mass is 241 g/mol. The van der Waals surface area contributed by atoms with Crippen LogP contribution in [-0.4, -0.2) is 33.4 Å². The average Bonchev–Trinajstić information content (AvgIpc) is 2.57. The Kier molecular flexibility index (Phi) is 2.93. The molecule has 0 aromatic carbocycles. The summed E-state index contributed by atoms with van der Waals surface area (Å²) in [7, 11) is 1.46. The van der Waals surface area contributed by atoms with Crippen LogP contribution in [0.15, 0.2) is 9.59 Å². The van der Waals surface area contributed by atoms with Crippen LogP contribution in [0.3, 0.4) is 0 Å². The van der Waals surface area contributed by atoms with Gasteiger partial charge in [0.25, 0.3) is 5.56 Å². The molecule has 0 aliphatic carbocycles. The zero-order chi connectivity index (χ0) is 12.4. The second kappa shape index (κ2) is 4.39. The van der Waals surface area contributed by atoms with E-state index in [1.165, 1.54) is 7.11 Å². The van der Waals surface area contributed by atoms with Crippen LogP contribution in [0.4, 0.5) is 5.95 Å². The summed E-state index contributed by atoms with van der Waals surface area (Å²) in [6, 6.07) is 0. The number of rotatable bonds is 4. The molecule has 0 saturated carbocycles. The molecule has 0 fully saturated rings. The van der Waals surface area contributed by atoms with Crippen LogP contribution in [0.25, 0.3) is 11.2 Å². The molecule has 4 N–H and O–H groups in total. The fourth-order valence-corrected chi connectivity index (χ4v) is 1.39. The van der Waals surface area contributed by atoms with Gasteiger partial charge in [0.1, 0.15) is 13.5 Å². The minimum absolute atomic E-state index is 0.0256. The number of nitrogen functional groups attached to an aromatic ring is 1. The first kappa shape index (κ1) is 11.4. The molecule has 2 heterocycles. The molecule has 2 aromatic heterocycles. The van der Waals surface area contributed by atoms with Crippen molar-refractivity contribution in [1.82, 2.24) is 19.5 Å². The maximum Gasteiger partial charge on any atom is 0.329 e. The van der Waals surface area contributed by atoms with E-state index in [4.69, 9.17) is 10.5 Å². The van der Waals surface area contributed by atoms with E-state index in [2.05, 4.69) is 19.7 Å². The van der Waals surface area contributed by atoms with E-state index in [9.17, 15) is 9.59 Å². The lowest BCUT2D eigenvalue weighted by Gasteiger charge is -2.03. The van der Waals surface area contributed by atoms with Crippen LogP contribution < -0.4 is 17.0 Å². The average molecular weight is 241 g/mol. The van der Waals surface area contributed by atoms with Gasteiger partial charge in [-0.2, -0.15) is 4.98 Å². The molecule has 0 amide bonds. The van der Waals surface area contributed by atoms with Gasteiger partial charge in [-0.15, -0.1) is 0 Å². The third kappa shape index (κ3) is 2.05. The van der Waals surface area contributed by atoms with Crippen molar-refractivity contribution in [3.05, 3.63) is 20.8 Å². The van der Waals surface area contributed by atoms with Crippen molar-refractivity contribution in [2.24, 2.45) is 0 Å². The minimum Gasteiger partial charge on any atom is -0.369 e. The second-order valence-electron chi connectivity index (χ2n) is 3.25. The van der Waals surface area contributed by atoms with Gasteiger partial charge in [-0.1, -0.05) is 0 Å². The van der Waals surface area contributed by atoms with Gasteiger partial charge in [0.2, 0.25) is 5.95 Å². The maximum atomic E-state index is 11.5. The van der Waals surface area contributed by atoms with Gasteiger partial charge in [-0.25, -0.2) is 4.79 Å². The Morgan fingerprint density at radius 1 is 1.41 bits per heavy atom. The summed E-state index contributed by atoms with van der Waals surface area (Å²) in [6.45, 7) is -0.0552. The van der Waals surface area contributed by atoms with E-state index in [1.807, 2.05) is 0 Å². The molecule has 0 bridgehead atoms. The number of nitrogens with one attached hydrogen (secondary N) is 2. The minimum atomic E-state index is -0.505. The molecule has 0 radical (unpaired) electrons. The van der Waals surface area contributed by atoms with Gasteiger partial charge >= 0.3 is 5.69 Å². The number of methoxy groups -OCH3 is 1. The lowest BCUT2D eigenvalue weighted by Crippen LogP contribution is -2.19. The van der Waals surface area contributed by atoms with Gasteiger partial charge in [-0.05, 0) is 0 Å². The number of anilines is 1. The van der Waals surface area contributed by atoms with Crippen LogP contribution in [0.1, 0.15) is 0 Å². The topological polar surface area (TPSA) is 128 Å². The molecule has 0 aliphatic rings. The molecule has 17 heavy (non-hydrogen) atoms. The summed E-state index contributed by atoms with van der Waals surface area (Å²) in [5, 5.41) is 0. The largest absolute Gasteiger partial charge is 0.369 e. The van der Waals surface area contributed by atoms with E-state index in [-0.39, 0.29) is 30.6 Å². The Bertz CT molecular complexity index is 639. The third-order valence-electron chi connectivity index (χ3n) is 2.07. The number of nitrogens with two attached hydrogens (primary N) is 1. The number of imidazole rings is 1. The fourth-order valence-electron chi connectivity index (χ4n) is 1.39. The second-order valence-corrected chi connectivity index (χ2v) is 3.25. The molecule has 0 aliphatic heterocycles. The Balaban J connectivity index is 2.51. The molecular weight excluding hydrogens is 230 g/mol. The van der Waals surface area contributed by atoms with E-state index >= 15 is 0 Å². The molecule has 0 atom stereocenters. The van der Waals surface area contributed by atoms with E-state index in [1.54, 1.807) is 0 Å². The van der Waals surface area contributed by atoms with Crippen molar-refractivity contribution in [2.75, 3.05) is 19.6 Å². The number of H-pyrrole nitrogens is 2. The molecule has 9 heteroatoms. The number of hydrogen-bond donors (Lipinski definition) is 3. The highest BCUT2D eigenvalue weighted by Gasteiger charge is 2.11. The summed E-state index contributed by atoms with van der Waals surface area (Å²) < 4.78 is 10.9. The van der Waals surface area contributed by atoms with Crippen molar-refractivity contribution in [2.45, 2.75) is 6.73 Å². The number of nitrogens with zero attached hydrogens (tertiary/aromatic N) is 2. The van der Waals surface area contributed by atoms with Gasteiger partial charge in [0.05, 0.1) is 0 Å². The van der Waals surface area contributed by atoms with E-state index in [0.29, 0.717) is 0 Å². The van der Waals surface area contributed by atoms with Gasteiger partial charge in [-0.3, -0.25) is 19.3 Å². The summed E-state index contributed by atoms with van der Waals surface area (Å²) in [6.07, 6.45) is 0. The normalized spacial score (nSPS) is 11.1. The highest BCUT2D eigenvalue weighted by molar-refractivity contribution is 5.70. The van der Waals surface area contributed by atoms with Crippen molar-refractivity contribution >= 4 is 17.1 Å². The van der Waals surface area contributed by atoms with E-state index in [0.717, 1.165) is 4.57 Å². The van der Waals surface area contributed by atoms with Crippen LogP contribution in [-0.2, 0) is 16.2 Å². The smallest absolute Gasteiger partial charge is 0.329 e. The molecule has 2 aromatic rings. The van der Waals surface area contributed by atoms with E-state index < -0.39 is 11.2 Å². The standard InChI is InChI=1S/C8H11N5O4/c1-16-3-17-2-13-5-4(10-8(13)15)6(14)12-7(9)11-5/h2-3H2,1H3,(H,10,15)(H3,9,11,12,14). The summed E-state index contributed by atoms with van der Waals surface area (Å²) in [5.74, 6) is -0.0676. The molecule has 2 rings (SSSR count). The quantitative estimate of drug-likeness (QED) is 0.445. The zero-order valence-electron chi connectivity index (χ0n) is 9.02. The molecule has 0 unspecified atom stereocenters. The highest BCUT2D eigenvalue weighted by atomic mass is 16.7. The fraction of sp³-hybridized carbons (Fsp3) is 0.375. The number of aromatic amines is 2. The van der Waals surface area contributed by atoms with Crippen LogP contribution in [0, 0.1) is 0 Å². The lowest BCUT2D eigenvalue weighted by molar-refractivity contribution is -0.0590. The summed E-state index contributed by atoms with van der Waals surface area (Å²) in [5.41, 5.74) is 4.60. The van der Waals surface area contributed by atoms with Gasteiger partial charge in [0, 0.05) is 7.11 Å². The first-order chi connectivity index (χ1) is 8.13. The van der Waals surface area contributed by atoms with Gasteiger partial charge in [0.15, 0.2) is 11.2 Å². The molecule has 0 saturated heterocycles. The third-order valence-corrected chi connectivity index (χ3v) is 2.07. The predicted molar refractivity (Wildman–Crippen MR) is 58.3 cm³/mol. The summed E-state index contributed by atoms with van der Waals surface area (Å²) >= 11 is 0. The number of ether oxygens (including phenoxy) is 2. The van der Waals surface area contributed by atoms with Crippen molar-refractivity contribution < 1.29 is 9.47 Å². The Hall–Kier alpha value is -2.13. The number of fused-ring (bicyclic) bond motifs is 1. The lowest BCUT2D eigenvalue weighted by atomic mass is 10.5. The highest BCUT2D eigenvalue weighted by Crippen LogP contribution is 2.02. The molecular formula is C8H11N5O4. The van der Waals surface area contributed by atoms with Crippen molar-refractivity contribution in [3.63, 3.8) is 0 Å². The molecule has 0 spiro atoms. The number of aromatic nitrogens is 4. The van der Waals surface area contributed by atoms with Crippen LogP contribution in [0.5, 0.6) is 0 Å². The maximum absolute atomic E-state index is 11.5. The first-order valence-corrected chi connectivity index (χ1v) is 4.68.